The number of rotatable bonds is 2. The molecule has 5 heteroatoms. The molecule has 2 aromatic rings. The number of carbonyl (C=O) groups is 1. The lowest BCUT2D eigenvalue weighted by Gasteiger charge is -2.37. The van der Waals surface area contributed by atoms with Crippen LogP contribution < -0.4 is 4.90 Å². The lowest BCUT2D eigenvalue weighted by Crippen LogP contribution is -2.48. The number of benzene rings is 1. The molecular formula is C15H17N3OS. The van der Waals surface area contributed by atoms with Crippen LogP contribution in [-0.4, -0.2) is 42.5 Å². The molecule has 104 valence electrons. The molecule has 0 aliphatic carbocycles. The minimum Gasteiger partial charge on any atom is -0.305 e. The second kappa shape index (κ2) is 5.34. The van der Waals surface area contributed by atoms with Gasteiger partial charge < -0.3 is 9.80 Å². The van der Waals surface area contributed by atoms with E-state index >= 15 is 0 Å². The number of anilines is 1. The van der Waals surface area contributed by atoms with Crippen molar-refractivity contribution >= 4 is 22.9 Å². The van der Waals surface area contributed by atoms with Crippen LogP contribution in [0.3, 0.4) is 0 Å². The number of thiazole rings is 1. The van der Waals surface area contributed by atoms with Crippen molar-refractivity contribution in [3.05, 3.63) is 46.4 Å². The number of hydrogen-bond acceptors (Lipinski definition) is 4. The number of amides is 1. The Balaban J connectivity index is 1.99. The van der Waals surface area contributed by atoms with Gasteiger partial charge in [-0.3, -0.25) is 4.79 Å². The third-order valence-corrected chi connectivity index (χ3v) is 4.34. The van der Waals surface area contributed by atoms with Gasteiger partial charge in [0.15, 0.2) is 0 Å². The van der Waals surface area contributed by atoms with Crippen molar-refractivity contribution in [3.8, 4) is 0 Å². The molecule has 1 aromatic heterocycles. The van der Waals surface area contributed by atoms with Gasteiger partial charge in [-0.2, -0.15) is 0 Å². The number of likely N-dealkylation sites (N-methyl/N-ethyl adjacent to an activating group) is 1. The molecule has 0 spiro atoms. The molecule has 20 heavy (non-hydrogen) atoms. The van der Waals surface area contributed by atoms with E-state index in [-0.39, 0.29) is 5.91 Å². The minimum atomic E-state index is -0.00903. The molecule has 1 unspecified atom stereocenters. The summed E-state index contributed by atoms with van der Waals surface area (Å²) in [7, 11) is 4.12. The van der Waals surface area contributed by atoms with Crippen molar-refractivity contribution < 1.29 is 4.79 Å². The van der Waals surface area contributed by atoms with Crippen LogP contribution in [0, 0.1) is 0 Å². The van der Waals surface area contributed by atoms with E-state index in [1.165, 1.54) is 16.9 Å². The number of hydrogen-bond donors (Lipinski definition) is 0. The Kier molecular flexibility index (Phi) is 3.54. The third kappa shape index (κ3) is 2.34. The third-order valence-electron chi connectivity index (χ3n) is 3.76. The maximum absolute atomic E-state index is 12.6. The second-order valence-corrected chi connectivity index (χ2v) is 5.96. The molecule has 0 saturated carbocycles. The Morgan fingerprint density at radius 2 is 2.20 bits per heavy atom. The Hall–Kier alpha value is -1.72. The second-order valence-electron chi connectivity index (χ2n) is 5.24. The Morgan fingerprint density at radius 1 is 1.40 bits per heavy atom. The summed E-state index contributed by atoms with van der Waals surface area (Å²) < 4.78 is 0. The summed E-state index contributed by atoms with van der Waals surface area (Å²) in [6.45, 7) is 0.709. The topological polar surface area (TPSA) is 36.4 Å². The van der Waals surface area contributed by atoms with Crippen LogP contribution in [0.2, 0.25) is 0 Å². The van der Waals surface area contributed by atoms with E-state index in [4.69, 9.17) is 0 Å². The van der Waals surface area contributed by atoms with Gasteiger partial charge >= 0.3 is 0 Å². The number of para-hydroxylation sites is 1. The van der Waals surface area contributed by atoms with Gasteiger partial charge in [-0.05, 0) is 32.1 Å². The fourth-order valence-corrected chi connectivity index (χ4v) is 3.09. The van der Waals surface area contributed by atoms with Crippen LogP contribution in [0.5, 0.6) is 0 Å². The number of nitrogens with zero attached hydrogens (tertiary/aromatic N) is 3. The monoisotopic (exact) mass is 287 g/mol. The largest absolute Gasteiger partial charge is 0.305 e. The van der Waals surface area contributed by atoms with Crippen LogP contribution in [0.1, 0.15) is 16.1 Å². The molecule has 1 amide bonds. The molecule has 1 aliphatic rings. The standard InChI is InChI=1S/C15H17N3OS/c1-17(2)12-7-11-5-3-4-6-14(11)18(8-12)15(19)13-9-20-10-16-13/h3-6,9-10,12H,7-8H2,1-2H3. The van der Waals surface area contributed by atoms with Gasteiger partial charge in [0.1, 0.15) is 5.69 Å². The van der Waals surface area contributed by atoms with Gasteiger partial charge in [-0.25, -0.2) is 4.98 Å². The first-order chi connectivity index (χ1) is 9.66. The summed E-state index contributed by atoms with van der Waals surface area (Å²) in [4.78, 5) is 20.8. The first kappa shape index (κ1) is 13.3. The molecule has 0 saturated heterocycles. The van der Waals surface area contributed by atoms with Gasteiger partial charge in [-0.15, -0.1) is 11.3 Å². The number of aromatic nitrogens is 1. The maximum atomic E-state index is 12.6. The molecule has 1 aliphatic heterocycles. The zero-order chi connectivity index (χ0) is 14.1. The van der Waals surface area contributed by atoms with Crippen molar-refractivity contribution in [1.82, 2.24) is 9.88 Å². The zero-order valence-corrected chi connectivity index (χ0v) is 12.4. The number of carbonyl (C=O) groups excluding carboxylic acids is 1. The molecule has 3 rings (SSSR count). The van der Waals surface area contributed by atoms with E-state index in [2.05, 4.69) is 30.0 Å². The van der Waals surface area contributed by atoms with Crippen LogP contribution in [-0.2, 0) is 6.42 Å². The summed E-state index contributed by atoms with van der Waals surface area (Å²) in [5.74, 6) is -0.00903. The Bertz CT molecular complexity index is 609. The summed E-state index contributed by atoms with van der Waals surface area (Å²) in [6.07, 6.45) is 0.976. The van der Waals surface area contributed by atoms with Crippen LogP contribution in [0.15, 0.2) is 35.2 Å². The Labute approximate surface area is 122 Å². The van der Waals surface area contributed by atoms with E-state index in [1.807, 2.05) is 28.5 Å². The average molecular weight is 287 g/mol. The molecule has 0 N–H and O–H groups in total. The van der Waals surface area contributed by atoms with Crippen molar-refractivity contribution in [2.75, 3.05) is 25.5 Å². The van der Waals surface area contributed by atoms with Gasteiger partial charge in [0.05, 0.1) is 5.51 Å². The van der Waals surface area contributed by atoms with Crippen molar-refractivity contribution in [2.24, 2.45) is 0 Å². The van der Waals surface area contributed by atoms with E-state index in [0.29, 0.717) is 18.3 Å². The first-order valence-corrected chi connectivity index (χ1v) is 7.55. The van der Waals surface area contributed by atoms with E-state index in [9.17, 15) is 4.79 Å². The highest BCUT2D eigenvalue weighted by atomic mass is 32.1. The summed E-state index contributed by atoms with van der Waals surface area (Å²) in [5, 5.41) is 1.81. The normalized spacial score (nSPS) is 18.1. The zero-order valence-electron chi connectivity index (χ0n) is 11.6. The van der Waals surface area contributed by atoms with Gasteiger partial charge in [0.2, 0.25) is 0 Å². The quantitative estimate of drug-likeness (QED) is 0.850. The fourth-order valence-electron chi connectivity index (χ4n) is 2.57. The maximum Gasteiger partial charge on any atom is 0.277 e. The molecule has 4 nitrogen and oxygen atoms in total. The molecule has 0 bridgehead atoms. The van der Waals surface area contributed by atoms with E-state index < -0.39 is 0 Å². The molecule has 1 aromatic carbocycles. The predicted octanol–water partition coefficient (Wildman–Crippen LogP) is 2.28. The van der Waals surface area contributed by atoms with Crippen molar-refractivity contribution in [2.45, 2.75) is 12.5 Å². The highest BCUT2D eigenvalue weighted by Gasteiger charge is 2.30. The van der Waals surface area contributed by atoms with Crippen LogP contribution >= 0.6 is 11.3 Å². The Morgan fingerprint density at radius 3 is 2.90 bits per heavy atom. The van der Waals surface area contributed by atoms with Gasteiger partial charge in [-0.1, -0.05) is 18.2 Å². The highest BCUT2D eigenvalue weighted by Crippen LogP contribution is 2.29. The fraction of sp³-hybridized carbons (Fsp3) is 0.333. The van der Waals surface area contributed by atoms with Crippen LogP contribution in [0.25, 0.3) is 0 Å². The van der Waals surface area contributed by atoms with Crippen LogP contribution in [0.4, 0.5) is 5.69 Å². The molecule has 0 radical (unpaired) electrons. The first-order valence-electron chi connectivity index (χ1n) is 6.61. The van der Waals surface area contributed by atoms with E-state index in [0.717, 1.165) is 12.1 Å². The minimum absolute atomic E-state index is 0.00903. The summed E-state index contributed by atoms with van der Waals surface area (Å²) in [5.41, 5.74) is 4.47. The van der Waals surface area contributed by atoms with Gasteiger partial charge in [0, 0.05) is 23.7 Å². The summed E-state index contributed by atoms with van der Waals surface area (Å²) >= 11 is 1.45. The van der Waals surface area contributed by atoms with Gasteiger partial charge in [0.25, 0.3) is 5.91 Å². The van der Waals surface area contributed by atoms with Crippen molar-refractivity contribution in [3.63, 3.8) is 0 Å². The molecular weight excluding hydrogens is 270 g/mol. The SMILES string of the molecule is CN(C)C1Cc2ccccc2N(C(=O)c2cscn2)C1. The van der Waals surface area contributed by atoms with E-state index in [1.54, 1.807) is 5.51 Å². The summed E-state index contributed by atoms with van der Waals surface area (Å²) in [6, 6.07) is 8.48. The average Bonchev–Trinajstić information content (AvgIpc) is 2.99. The highest BCUT2D eigenvalue weighted by molar-refractivity contribution is 7.07. The number of fused-ring (bicyclic) bond motifs is 1. The lowest BCUT2D eigenvalue weighted by atomic mass is 9.97. The smallest absolute Gasteiger partial charge is 0.277 e. The van der Waals surface area contributed by atoms with Crippen molar-refractivity contribution in [1.29, 1.82) is 0 Å². The predicted molar refractivity (Wildman–Crippen MR) is 81.4 cm³/mol. The molecule has 0 fully saturated rings. The lowest BCUT2D eigenvalue weighted by molar-refractivity contribution is 0.0972. The molecule has 1 atom stereocenters. The molecule has 2 heterocycles.